The quantitative estimate of drug-likeness (QED) is 0.321. The molecule has 0 saturated carbocycles. The van der Waals surface area contributed by atoms with Crippen molar-refractivity contribution in [2.45, 2.75) is 53.0 Å². The smallest absolute Gasteiger partial charge is 0.295 e. The van der Waals surface area contributed by atoms with E-state index in [1.54, 1.807) is 23.1 Å². The third-order valence-corrected chi connectivity index (χ3v) is 5.69. The fraction of sp³-hybridized carbons (Fsp3) is 0.407. The number of ether oxygens (including phenoxy) is 1. The normalized spacial score (nSPS) is 17.9. The molecule has 1 saturated heterocycles. The second-order valence-electron chi connectivity index (χ2n) is 8.67. The number of aliphatic hydroxyl groups is 1. The standard InChI is InChI=1S/C27H33NO4/c1-5-7-15-28-24(20-13-11-19(6-2)12-14-20)23(26(30)27(28)31)25(29)21-9-8-10-22(16-21)32-17-18(3)4/h8-14,16,18,24,29H,5-7,15,17H2,1-4H3/b25-23-. The van der Waals surface area contributed by atoms with Crippen molar-refractivity contribution in [2.24, 2.45) is 5.92 Å². The largest absolute Gasteiger partial charge is 0.507 e. The molecule has 0 aliphatic carbocycles. The Labute approximate surface area is 190 Å². The van der Waals surface area contributed by atoms with Crippen molar-refractivity contribution in [1.82, 2.24) is 4.90 Å². The van der Waals surface area contributed by atoms with Crippen LogP contribution >= 0.6 is 0 Å². The van der Waals surface area contributed by atoms with Crippen molar-refractivity contribution in [3.63, 3.8) is 0 Å². The topological polar surface area (TPSA) is 66.8 Å². The first kappa shape index (κ1) is 23.6. The van der Waals surface area contributed by atoms with Crippen LogP contribution < -0.4 is 4.74 Å². The Kier molecular flexibility index (Phi) is 7.73. The highest BCUT2D eigenvalue weighted by Gasteiger charge is 2.45. The number of nitrogens with zero attached hydrogens (tertiary/aromatic N) is 1. The second-order valence-corrected chi connectivity index (χ2v) is 8.67. The third-order valence-electron chi connectivity index (χ3n) is 5.69. The van der Waals surface area contributed by atoms with Crippen LogP contribution in [0, 0.1) is 5.92 Å². The Morgan fingerprint density at radius 2 is 1.81 bits per heavy atom. The minimum atomic E-state index is -0.642. The van der Waals surface area contributed by atoms with Crippen LogP contribution in [0.4, 0.5) is 0 Å². The number of rotatable bonds is 9. The van der Waals surface area contributed by atoms with Crippen molar-refractivity contribution in [1.29, 1.82) is 0 Å². The number of hydrogen-bond donors (Lipinski definition) is 1. The van der Waals surface area contributed by atoms with E-state index < -0.39 is 17.7 Å². The SMILES string of the molecule is CCCCN1C(=O)C(=O)/C(=C(\O)c2cccc(OCC(C)C)c2)C1c1ccc(CC)cc1. The summed E-state index contributed by atoms with van der Waals surface area (Å²) in [6, 6.07) is 14.4. The van der Waals surface area contributed by atoms with Crippen molar-refractivity contribution in [3.8, 4) is 5.75 Å². The van der Waals surface area contributed by atoms with Gasteiger partial charge in [0, 0.05) is 12.1 Å². The van der Waals surface area contributed by atoms with Crippen molar-refractivity contribution < 1.29 is 19.4 Å². The maximum Gasteiger partial charge on any atom is 0.295 e. The van der Waals surface area contributed by atoms with Crippen LogP contribution in [0.2, 0.25) is 0 Å². The Morgan fingerprint density at radius 1 is 1.09 bits per heavy atom. The summed E-state index contributed by atoms with van der Waals surface area (Å²) in [5.74, 6) is -0.385. The fourth-order valence-corrected chi connectivity index (χ4v) is 3.87. The zero-order valence-corrected chi connectivity index (χ0v) is 19.4. The highest BCUT2D eigenvalue weighted by molar-refractivity contribution is 6.46. The number of unbranched alkanes of at least 4 members (excludes halogenated alkanes) is 1. The number of amides is 1. The minimum Gasteiger partial charge on any atom is -0.507 e. The number of carbonyl (C=O) groups excluding carboxylic acids is 2. The molecule has 5 heteroatoms. The zero-order valence-electron chi connectivity index (χ0n) is 19.4. The van der Waals surface area contributed by atoms with Gasteiger partial charge in [0.05, 0.1) is 18.2 Å². The lowest BCUT2D eigenvalue weighted by atomic mass is 9.94. The van der Waals surface area contributed by atoms with Gasteiger partial charge in [-0.2, -0.15) is 0 Å². The van der Waals surface area contributed by atoms with Gasteiger partial charge in [-0.15, -0.1) is 0 Å². The number of carbonyl (C=O) groups is 2. The molecule has 3 rings (SSSR count). The number of aliphatic hydroxyl groups excluding tert-OH is 1. The number of aryl methyl sites for hydroxylation is 1. The van der Waals surface area contributed by atoms with Crippen LogP contribution in [0.1, 0.15) is 63.3 Å². The van der Waals surface area contributed by atoms with Gasteiger partial charge in [0.15, 0.2) is 0 Å². The summed E-state index contributed by atoms with van der Waals surface area (Å²) < 4.78 is 5.78. The molecule has 1 N–H and O–H groups in total. The van der Waals surface area contributed by atoms with Crippen LogP contribution in [0.15, 0.2) is 54.1 Å². The van der Waals surface area contributed by atoms with Gasteiger partial charge >= 0.3 is 0 Å². The molecular weight excluding hydrogens is 402 g/mol. The van der Waals surface area contributed by atoms with E-state index in [1.807, 2.05) is 37.3 Å². The van der Waals surface area contributed by atoms with Gasteiger partial charge in [0.2, 0.25) is 0 Å². The molecule has 32 heavy (non-hydrogen) atoms. The molecule has 0 radical (unpaired) electrons. The van der Waals surface area contributed by atoms with Gasteiger partial charge in [-0.25, -0.2) is 0 Å². The third kappa shape index (κ3) is 5.04. The molecule has 2 aromatic rings. The molecule has 1 unspecified atom stereocenters. The lowest BCUT2D eigenvalue weighted by Gasteiger charge is -2.25. The number of likely N-dealkylation sites (tertiary alicyclic amines) is 1. The average molecular weight is 436 g/mol. The molecule has 1 amide bonds. The molecular formula is C27H33NO4. The van der Waals surface area contributed by atoms with Gasteiger partial charge in [-0.3, -0.25) is 9.59 Å². The van der Waals surface area contributed by atoms with E-state index in [0.29, 0.717) is 30.4 Å². The van der Waals surface area contributed by atoms with E-state index in [1.165, 1.54) is 5.56 Å². The molecule has 2 aromatic carbocycles. The predicted octanol–water partition coefficient (Wildman–Crippen LogP) is 5.51. The number of ketones is 1. The Morgan fingerprint density at radius 3 is 2.44 bits per heavy atom. The summed E-state index contributed by atoms with van der Waals surface area (Å²) in [7, 11) is 0. The van der Waals surface area contributed by atoms with Crippen LogP contribution in [0.25, 0.3) is 5.76 Å². The monoisotopic (exact) mass is 435 g/mol. The Bertz CT molecular complexity index is 991. The fourth-order valence-electron chi connectivity index (χ4n) is 3.87. The van der Waals surface area contributed by atoms with Crippen LogP contribution in [0.3, 0.4) is 0 Å². The summed E-state index contributed by atoms with van der Waals surface area (Å²) in [6.07, 6.45) is 2.59. The zero-order chi connectivity index (χ0) is 23.3. The van der Waals surface area contributed by atoms with Crippen LogP contribution in [-0.2, 0) is 16.0 Å². The first-order chi connectivity index (χ1) is 15.4. The molecule has 1 heterocycles. The maximum absolute atomic E-state index is 13.1. The number of benzene rings is 2. The lowest BCUT2D eigenvalue weighted by Crippen LogP contribution is -2.30. The van der Waals surface area contributed by atoms with Crippen molar-refractivity contribution in [3.05, 3.63) is 70.8 Å². The van der Waals surface area contributed by atoms with E-state index in [-0.39, 0.29) is 11.3 Å². The minimum absolute atomic E-state index is 0.136. The summed E-state index contributed by atoms with van der Waals surface area (Å²) in [4.78, 5) is 27.6. The maximum atomic E-state index is 13.1. The summed E-state index contributed by atoms with van der Waals surface area (Å²) in [6.45, 7) is 9.27. The number of Topliss-reactive ketones (excluding diaryl/α,β-unsaturated/α-hetero) is 1. The molecule has 0 bridgehead atoms. The van der Waals surface area contributed by atoms with E-state index in [4.69, 9.17) is 4.74 Å². The molecule has 1 fully saturated rings. The molecule has 0 aromatic heterocycles. The summed E-state index contributed by atoms with van der Waals surface area (Å²) in [5, 5.41) is 11.2. The van der Waals surface area contributed by atoms with Gasteiger partial charge in [0.25, 0.3) is 11.7 Å². The molecule has 5 nitrogen and oxygen atoms in total. The van der Waals surface area contributed by atoms with Gasteiger partial charge in [-0.05, 0) is 42.0 Å². The Balaban J connectivity index is 2.07. The summed E-state index contributed by atoms with van der Waals surface area (Å²) >= 11 is 0. The van der Waals surface area contributed by atoms with Crippen LogP contribution in [-0.4, -0.2) is 34.8 Å². The van der Waals surface area contributed by atoms with Gasteiger partial charge < -0.3 is 14.7 Å². The van der Waals surface area contributed by atoms with E-state index in [0.717, 1.165) is 24.8 Å². The highest BCUT2D eigenvalue weighted by Crippen LogP contribution is 2.40. The molecule has 1 atom stereocenters. The van der Waals surface area contributed by atoms with Crippen molar-refractivity contribution >= 4 is 17.4 Å². The highest BCUT2D eigenvalue weighted by atomic mass is 16.5. The summed E-state index contributed by atoms with van der Waals surface area (Å²) in [5.41, 5.74) is 2.60. The van der Waals surface area contributed by atoms with E-state index in [2.05, 4.69) is 20.8 Å². The first-order valence-corrected chi connectivity index (χ1v) is 11.5. The van der Waals surface area contributed by atoms with Gasteiger partial charge in [0.1, 0.15) is 11.5 Å². The van der Waals surface area contributed by atoms with Crippen LogP contribution in [0.5, 0.6) is 5.75 Å². The first-order valence-electron chi connectivity index (χ1n) is 11.5. The average Bonchev–Trinajstić information content (AvgIpc) is 3.06. The molecule has 170 valence electrons. The number of hydrogen-bond acceptors (Lipinski definition) is 4. The van der Waals surface area contributed by atoms with Crippen molar-refractivity contribution in [2.75, 3.05) is 13.2 Å². The molecule has 1 aliphatic rings. The molecule has 0 spiro atoms. The van der Waals surface area contributed by atoms with E-state index >= 15 is 0 Å². The lowest BCUT2D eigenvalue weighted by molar-refractivity contribution is -0.139. The van der Waals surface area contributed by atoms with E-state index in [9.17, 15) is 14.7 Å². The van der Waals surface area contributed by atoms with Gasteiger partial charge in [-0.1, -0.05) is 70.5 Å². The molecule has 1 aliphatic heterocycles. The Hall–Kier alpha value is -3.08. The second kappa shape index (κ2) is 10.5. The predicted molar refractivity (Wildman–Crippen MR) is 127 cm³/mol.